The van der Waals surface area contributed by atoms with Crippen LogP contribution in [0.5, 0.6) is 5.75 Å². The number of nitrogens with one attached hydrogen (secondary N) is 1. The van der Waals surface area contributed by atoms with Gasteiger partial charge in [0.25, 0.3) is 0 Å². The molecule has 0 fully saturated rings. The summed E-state index contributed by atoms with van der Waals surface area (Å²) in [6, 6.07) is 5.52. The number of hydrogen-bond donors (Lipinski definition) is 2. The first kappa shape index (κ1) is 13.4. The van der Waals surface area contributed by atoms with Crippen LogP contribution in [0.25, 0.3) is 0 Å². The molecule has 17 heavy (non-hydrogen) atoms. The highest BCUT2D eigenvalue weighted by Gasteiger charge is 2.10. The molecule has 0 heterocycles. The average molecular weight is 236 g/mol. The van der Waals surface area contributed by atoms with Crippen molar-refractivity contribution in [2.75, 3.05) is 12.4 Å². The van der Waals surface area contributed by atoms with Crippen LogP contribution in [0, 0.1) is 0 Å². The van der Waals surface area contributed by atoms with E-state index in [1.165, 1.54) is 0 Å². The largest absolute Gasteiger partial charge is 0.495 e. The molecule has 1 aromatic rings. The van der Waals surface area contributed by atoms with Crippen molar-refractivity contribution >= 4 is 11.6 Å². The van der Waals surface area contributed by atoms with Crippen molar-refractivity contribution in [3.05, 3.63) is 23.8 Å². The second-order valence-corrected chi connectivity index (χ2v) is 3.94. The van der Waals surface area contributed by atoms with Gasteiger partial charge in [-0.25, -0.2) is 0 Å². The molecule has 0 spiro atoms. The molecule has 94 valence electrons. The van der Waals surface area contributed by atoms with Crippen molar-refractivity contribution in [1.29, 1.82) is 0 Å². The predicted molar refractivity (Wildman–Crippen MR) is 69.5 cm³/mol. The zero-order valence-corrected chi connectivity index (χ0v) is 10.6. The summed E-state index contributed by atoms with van der Waals surface area (Å²) in [6.07, 6.45) is 2.03. The van der Waals surface area contributed by atoms with Crippen molar-refractivity contribution in [2.24, 2.45) is 5.73 Å². The zero-order chi connectivity index (χ0) is 12.8. The highest BCUT2D eigenvalue weighted by atomic mass is 16.5. The van der Waals surface area contributed by atoms with E-state index in [2.05, 4.69) is 19.2 Å². The quantitative estimate of drug-likeness (QED) is 0.797. The third-order valence-electron chi connectivity index (χ3n) is 2.83. The summed E-state index contributed by atoms with van der Waals surface area (Å²) in [5.74, 6) is 0.294. The summed E-state index contributed by atoms with van der Waals surface area (Å²) in [7, 11) is 1.61. The zero-order valence-electron chi connectivity index (χ0n) is 10.6. The summed E-state index contributed by atoms with van der Waals surface area (Å²) >= 11 is 0. The molecule has 0 bridgehead atoms. The van der Waals surface area contributed by atoms with Gasteiger partial charge < -0.3 is 15.8 Å². The van der Waals surface area contributed by atoms with E-state index in [0.717, 1.165) is 24.3 Å². The Bertz CT molecular complexity index is 387. The maximum Gasteiger partial charge on any atom is 0.248 e. The Morgan fingerprint density at radius 1 is 1.41 bits per heavy atom. The number of carbonyl (C=O) groups excluding carboxylic acids is 1. The number of carbonyl (C=O) groups is 1. The first-order valence-corrected chi connectivity index (χ1v) is 5.86. The first-order valence-electron chi connectivity index (χ1n) is 5.86. The molecular formula is C13H20N2O2. The molecule has 0 saturated carbocycles. The van der Waals surface area contributed by atoms with Gasteiger partial charge in [0.15, 0.2) is 0 Å². The number of benzene rings is 1. The van der Waals surface area contributed by atoms with E-state index in [9.17, 15) is 4.79 Å². The molecular weight excluding hydrogens is 216 g/mol. The molecule has 0 aliphatic heterocycles. The van der Waals surface area contributed by atoms with Crippen molar-refractivity contribution in [3.8, 4) is 5.75 Å². The second-order valence-electron chi connectivity index (χ2n) is 3.94. The first-order chi connectivity index (χ1) is 8.12. The van der Waals surface area contributed by atoms with E-state index >= 15 is 0 Å². The number of rotatable bonds is 6. The molecule has 0 saturated heterocycles. The van der Waals surface area contributed by atoms with Crippen molar-refractivity contribution in [3.63, 3.8) is 0 Å². The summed E-state index contributed by atoms with van der Waals surface area (Å²) in [5, 5.41) is 3.36. The van der Waals surface area contributed by atoms with Crippen LogP contribution in [0.15, 0.2) is 18.2 Å². The SMILES string of the molecule is CCC(CC)Nc1cc(C(N)=O)ccc1OC. The van der Waals surface area contributed by atoms with Crippen LogP contribution in [0.2, 0.25) is 0 Å². The van der Waals surface area contributed by atoms with Gasteiger partial charge in [0.1, 0.15) is 5.75 Å². The maximum absolute atomic E-state index is 11.1. The van der Waals surface area contributed by atoms with E-state index in [1.54, 1.807) is 25.3 Å². The Morgan fingerprint density at radius 2 is 2.06 bits per heavy atom. The highest BCUT2D eigenvalue weighted by molar-refractivity contribution is 5.94. The number of hydrogen-bond acceptors (Lipinski definition) is 3. The van der Waals surface area contributed by atoms with E-state index in [4.69, 9.17) is 10.5 Å². The number of methoxy groups -OCH3 is 1. The average Bonchev–Trinajstić information content (AvgIpc) is 2.35. The van der Waals surface area contributed by atoms with Gasteiger partial charge in [-0.3, -0.25) is 4.79 Å². The molecule has 0 aromatic heterocycles. The van der Waals surface area contributed by atoms with Crippen LogP contribution in [-0.4, -0.2) is 19.1 Å². The van der Waals surface area contributed by atoms with Crippen LogP contribution < -0.4 is 15.8 Å². The molecule has 0 unspecified atom stereocenters. The number of ether oxygens (including phenoxy) is 1. The van der Waals surface area contributed by atoms with Crippen molar-refractivity contribution in [1.82, 2.24) is 0 Å². The van der Waals surface area contributed by atoms with Gasteiger partial charge in [-0.2, -0.15) is 0 Å². The fraction of sp³-hybridized carbons (Fsp3) is 0.462. The monoisotopic (exact) mass is 236 g/mol. The number of primary amides is 1. The van der Waals surface area contributed by atoms with E-state index < -0.39 is 5.91 Å². The predicted octanol–water partition coefficient (Wildman–Crippen LogP) is 2.39. The second kappa shape index (κ2) is 6.13. The highest BCUT2D eigenvalue weighted by Crippen LogP contribution is 2.26. The summed E-state index contributed by atoms with van der Waals surface area (Å²) in [6.45, 7) is 4.23. The van der Waals surface area contributed by atoms with Crippen molar-refractivity contribution in [2.45, 2.75) is 32.7 Å². The lowest BCUT2D eigenvalue weighted by atomic mass is 10.1. The van der Waals surface area contributed by atoms with E-state index in [-0.39, 0.29) is 0 Å². The topological polar surface area (TPSA) is 64.3 Å². The van der Waals surface area contributed by atoms with Crippen LogP contribution >= 0.6 is 0 Å². The smallest absolute Gasteiger partial charge is 0.248 e. The maximum atomic E-state index is 11.1. The van der Waals surface area contributed by atoms with E-state index in [1.807, 2.05) is 0 Å². The molecule has 3 N–H and O–H groups in total. The minimum absolute atomic E-state index is 0.368. The molecule has 4 nitrogen and oxygen atoms in total. The normalized spacial score (nSPS) is 10.4. The Hall–Kier alpha value is -1.71. The molecule has 0 atom stereocenters. The summed E-state index contributed by atoms with van der Waals surface area (Å²) in [4.78, 5) is 11.1. The van der Waals surface area contributed by atoms with Crippen LogP contribution in [0.4, 0.5) is 5.69 Å². The molecule has 1 rings (SSSR count). The van der Waals surface area contributed by atoms with Crippen LogP contribution in [0.3, 0.4) is 0 Å². The molecule has 1 amide bonds. The number of anilines is 1. The Labute approximate surface area is 102 Å². The lowest BCUT2D eigenvalue weighted by Gasteiger charge is -2.18. The standard InChI is InChI=1S/C13H20N2O2/c1-4-10(5-2)15-11-8-9(13(14)16)6-7-12(11)17-3/h6-8,10,15H,4-5H2,1-3H3,(H2,14,16). The Balaban J connectivity index is 3.01. The minimum Gasteiger partial charge on any atom is -0.495 e. The molecule has 0 aliphatic carbocycles. The number of amides is 1. The lowest BCUT2D eigenvalue weighted by molar-refractivity contribution is 0.100. The Kier molecular flexibility index (Phi) is 4.82. The molecule has 0 aliphatic rings. The third-order valence-corrected chi connectivity index (χ3v) is 2.83. The van der Waals surface area contributed by atoms with Gasteiger partial charge in [-0.05, 0) is 31.0 Å². The van der Waals surface area contributed by atoms with Crippen LogP contribution in [-0.2, 0) is 0 Å². The Morgan fingerprint density at radius 3 is 2.53 bits per heavy atom. The third kappa shape index (κ3) is 3.37. The molecule has 1 aromatic carbocycles. The van der Waals surface area contributed by atoms with Gasteiger partial charge >= 0.3 is 0 Å². The summed E-state index contributed by atoms with van der Waals surface area (Å²) in [5.41, 5.74) is 6.57. The van der Waals surface area contributed by atoms with Crippen LogP contribution in [0.1, 0.15) is 37.0 Å². The summed E-state index contributed by atoms with van der Waals surface area (Å²) < 4.78 is 5.26. The van der Waals surface area contributed by atoms with Gasteiger partial charge in [0, 0.05) is 11.6 Å². The van der Waals surface area contributed by atoms with Gasteiger partial charge in [0.2, 0.25) is 5.91 Å². The van der Waals surface area contributed by atoms with Crippen molar-refractivity contribution < 1.29 is 9.53 Å². The fourth-order valence-electron chi connectivity index (χ4n) is 1.69. The van der Waals surface area contributed by atoms with Gasteiger partial charge in [0.05, 0.1) is 12.8 Å². The number of nitrogens with two attached hydrogens (primary N) is 1. The molecule has 0 radical (unpaired) electrons. The van der Waals surface area contributed by atoms with Gasteiger partial charge in [-0.15, -0.1) is 0 Å². The van der Waals surface area contributed by atoms with Gasteiger partial charge in [-0.1, -0.05) is 13.8 Å². The molecule has 4 heteroatoms. The van der Waals surface area contributed by atoms with E-state index in [0.29, 0.717) is 11.6 Å². The lowest BCUT2D eigenvalue weighted by Crippen LogP contribution is -2.18. The fourth-order valence-corrected chi connectivity index (χ4v) is 1.69. The minimum atomic E-state index is -0.430.